The normalized spacial score (nSPS) is 10.2. The Balaban J connectivity index is 2.22. The van der Waals surface area contributed by atoms with E-state index in [4.69, 9.17) is 21.1 Å². The van der Waals surface area contributed by atoms with Crippen LogP contribution in [-0.4, -0.2) is 32.6 Å². The van der Waals surface area contributed by atoms with Gasteiger partial charge in [-0.15, -0.1) is 0 Å². The number of nitrogens with zero attached hydrogens (tertiary/aromatic N) is 1. The molecule has 0 heterocycles. The van der Waals surface area contributed by atoms with Gasteiger partial charge in [0.15, 0.2) is 0 Å². The number of methoxy groups -OCH3 is 2. The van der Waals surface area contributed by atoms with Crippen LogP contribution in [0.3, 0.4) is 0 Å². The van der Waals surface area contributed by atoms with E-state index in [1.807, 2.05) is 6.92 Å². The van der Waals surface area contributed by atoms with Crippen molar-refractivity contribution in [3.8, 4) is 11.5 Å². The number of anilines is 2. The maximum Gasteiger partial charge on any atom is 0.244 e. The van der Waals surface area contributed by atoms with Crippen LogP contribution < -0.4 is 19.7 Å². The van der Waals surface area contributed by atoms with Gasteiger partial charge in [-0.3, -0.25) is 9.59 Å². The molecule has 138 valence electrons. The first-order valence-corrected chi connectivity index (χ1v) is 8.29. The number of rotatable bonds is 6. The van der Waals surface area contributed by atoms with Crippen LogP contribution in [0.1, 0.15) is 12.5 Å². The zero-order valence-corrected chi connectivity index (χ0v) is 15.9. The van der Waals surface area contributed by atoms with Crippen LogP contribution in [0.4, 0.5) is 11.4 Å². The van der Waals surface area contributed by atoms with Crippen molar-refractivity contribution in [2.45, 2.75) is 13.8 Å². The molecule has 2 amide bonds. The van der Waals surface area contributed by atoms with Gasteiger partial charge in [-0.2, -0.15) is 0 Å². The van der Waals surface area contributed by atoms with E-state index < -0.39 is 0 Å². The first-order chi connectivity index (χ1) is 12.3. The smallest absolute Gasteiger partial charge is 0.244 e. The minimum absolute atomic E-state index is 0.141. The van der Waals surface area contributed by atoms with Crippen LogP contribution in [0.15, 0.2) is 36.4 Å². The van der Waals surface area contributed by atoms with Crippen LogP contribution >= 0.6 is 11.6 Å². The van der Waals surface area contributed by atoms with E-state index in [0.717, 1.165) is 5.56 Å². The summed E-state index contributed by atoms with van der Waals surface area (Å²) in [5, 5.41) is 3.33. The number of ether oxygens (including phenoxy) is 2. The maximum absolute atomic E-state index is 12.5. The van der Waals surface area contributed by atoms with Gasteiger partial charge in [-0.05, 0) is 42.8 Å². The topological polar surface area (TPSA) is 67.9 Å². The predicted octanol–water partition coefficient (Wildman–Crippen LogP) is 3.66. The van der Waals surface area contributed by atoms with Gasteiger partial charge >= 0.3 is 0 Å². The van der Waals surface area contributed by atoms with Gasteiger partial charge in [0.05, 0.1) is 19.9 Å². The lowest BCUT2D eigenvalue weighted by Crippen LogP contribution is -2.37. The molecule has 0 aliphatic carbocycles. The second kappa shape index (κ2) is 8.58. The number of halogens is 1. The molecule has 0 radical (unpaired) electrons. The number of hydrogen-bond acceptors (Lipinski definition) is 4. The summed E-state index contributed by atoms with van der Waals surface area (Å²) in [7, 11) is 3.05. The van der Waals surface area contributed by atoms with Gasteiger partial charge in [0.1, 0.15) is 18.0 Å². The highest BCUT2D eigenvalue weighted by Crippen LogP contribution is 2.29. The quantitative estimate of drug-likeness (QED) is 0.835. The Morgan fingerprint density at radius 3 is 2.42 bits per heavy atom. The molecule has 2 rings (SSSR count). The van der Waals surface area contributed by atoms with E-state index >= 15 is 0 Å². The Bertz CT molecular complexity index is 823. The number of amides is 2. The molecule has 0 fully saturated rings. The molecule has 2 aromatic rings. The standard InChI is InChI=1S/C19H21ClN2O4/c1-12-9-14(20)5-7-17(12)22(13(2)23)11-19(24)21-16-10-15(25-3)6-8-18(16)26-4/h5-10H,11H2,1-4H3,(H,21,24). The fraction of sp³-hybridized carbons (Fsp3) is 0.263. The Hall–Kier alpha value is -2.73. The average Bonchev–Trinajstić information content (AvgIpc) is 2.60. The summed E-state index contributed by atoms with van der Waals surface area (Å²) in [4.78, 5) is 26.0. The molecule has 26 heavy (non-hydrogen) atoms. The van der Waals surface area contributed by atoms with Crippen molar-refractivity contribution in [2.75, 3.05) is 31.0 Å². The maximum atomic E-state index is 12.5. The molecule has 0 spiro atoms. The fourth-order valence-electron chi connectivity index (χ4n) is 2.53. The minimum Gasteiger partial charge on any atom is -0.497 e. The molecule has 0 aliphatic heterocycles. The van der Waals surface area contributed by atoms with E-state index in [9.17, 15) is 9.59 Å². The van der Waals surface area contributed by atoms with Crippen molar-refractivity contribution < 1.29 is 19.1 Å². The SMILES string of the molecule is COc1ccc(OC)c(NC(=O)CN(C(C)=O)c2ccc(Cl)cc2C)c1. The van der Waals surface area contributed by atoms with Gasteiger partial charge < -0.3 is 19.7 Å². The highest BCUT2D eigenvalue weighted by Gasteiger charge is 2.19. The number of carbonyl (C=O) groups is 2. The predicted molar refractivity (Wildman–Crippen MR) is 102 cm³/mol. The molecule has 0 saturated heterocycles. The monoisotopic (exact) mass is 376 g/mol. The molecule has 6 nitrogen and oxygen atoms in total. The molecule has 0 unspecified atom stereocenters. The highest BCUT2D eigenvalue weighted by molar-refractivity contribution is 6.30. The van der Waals surface area contributed by atoms with Crippen molar-refractivity contribution in [1.29, 1.82) is 0 Å². The molecule has 0 aromatic heterocycles. The van der Waals surface area contributed by atoms with E-state index in [1.165, 1.54) is 26.0 Å². The summed E-state index contributed by atoms with van der Waals surface area (Å²) < 4.78 is 10.4. The summed E-state index contributed by atoms with van der Waals surface area (Å²) in [5.41, 5.74) is 1.90. The van der Waals surface area contributed by atoms with Crippen molar-refractivity contribution in [1.82, 2.24) is 0 Å². The lowest BCUT2D eigenvalue weighted by Gasteiger charge is -2.23. The van der Waals surface area contributed by atoms with Crippen LogP contribution in [0, 0.1) is 6.92 Å². The van der Waals surface area contributed by atoms with E-state index in [0.29, 0.717) is 27.9 Å². The fourth-order valence-corrected chi connectivity index (χ4v) is 2.76. The number of nitrogens with one attached hydrogen (secondary N) is 1. The largest absolute Gasteiger partial charge is 0.497 e. The third kappa shape index (κ3) is 4.67. The van der Waals surface area contributed by atoms with Crippen LogP contribution in [0.25, 0.3) is 0 Å². The second-order valence-corrected chi connectivity index (χ2v) is 6.09. The van der Waals surface area contributed by atoms with Crippen molar-refractivity contribution in [2.24, 2.45) is 0 Å². The molecular weight excluding hydrogens is 356 g/mol. The Kier molecular flexibility index (Phi) is 6.46. The zero-order valence-electron chi connectivity index (χ0n) is 15.1. The van der Waals surface area contributed by atoms with Crippen molar-refractivity contribution in [3.63, 3.8) is 0 Å². The van der Waals surface area contributed by atoms with Crippen LogP contribution in [0.2, 0.25) is 5.02 Å². The third-order valence-electron chi connectivity index (χ3n) is 3.81. The number of aryl methyl sites for hydroxylation is 1. The van der Waals surface area contributed by atoms with Gasteiger partial charge in [-0.25, -0.2) is 0 Å². The summed E-state index contributed by atoms with van der Waals surface area (Å²) in [5.74, 6) is 0.471. The van der Waals surface area contributed by atoms with Gasteiger partial charge in [0.25, 0.3) is 0 Å². The van der Waals surface area contributed by atoms with Crippen molar-refractivity contribution in [3.05, 3.63) is 47.0 Å². The average molecular weight is 377 g/mol. The molecule has 0 bridgehead atoms. The highest BCUT2D eigenvalue weighted by atomic mass is 35.5. The molecule has 7 heteroatoms. The van der Waals surface area contributed by atoms with E-state index in [-0.39, 0.29) is 18.4 Å². The van der Waals surface area contributed by atoms with Crippen LogP contribution in [-0.2, 0) is 9.59 Å². The summed E-state index contributed by atoms with van der Waals surface area (Å²) in [6.45, 7) is 3.10. The Morgan fingerprint density at radius 2 is 1.85 bits per heavy atom. The Labute approximate surface area is 157 Å². The summed E-state index contributed by atoms with van der Waals surface area (Å²) in [6, 6.07) is 10.2. The van der Waals surface area contributed by atoms with Gasteiger partial charge in [0, 0.05) is 23.7 Å². The molecule has 1 N–H and O–H groups in total. The van der Waals surface area contributed by atoms with Crippen molar-refractivity contribution >= 4 is 34.8 Å². The lowest BCUT2D eigenvalue weighted by atomic mass is 10.1. The third-order valence-corrected chi connectivity index (χ3v) is 4.05. The van der Waals surface area contributed by atoms with E-state index in [1.54, 1.807) is 36.4 Å². The molecule has 0 saturated carbocycles. The van der Waals surface area contributed by atoms with Gasteiger partial charge in [0.2, 0.25) is 11.8 Å². The molecule has 2 aromatic carbocycles. The second-order valence-electron chi connectivity index (χ2n) is 5.65. The number of carbonyl (C=O) groups excluding carboxylic acids is 2. The first-order valence-electron chi connectivity index (χ1n) is 7.92. The summed E-state index contributed by atoms with van der Waals surface area (Å²) in [6.07, 6.45) is 0. The number of benzene rings is 2. The lowest BCUT2D eigenvalue weighted by molar-refractivity contribution is -0.120. The zero-order chi connectivity index (χ0) is 19.3. The molecule has 0 atom stereocenters. The minimum atomic E-state index is -0.360. The van der Waals surface area contributed by atoms with Gasteiger partial charge in [-0.1, -0.05) is 11.6 Å². The summed E-state index contributed by atoms with van der Waals surface area (Å²) >= 11 is 5.97. The van der Waals surface area contributed by atoms with E-state index in [2.05, 4.69) is 5.32 Å². The molecule has 0 aliphatic rings. The first kappa shape index (κ1) is 19.6. The van der Waals surface area contributed by atoms with Crippen LogP contribution in [0.5, 0.6) is 11.5 Å². The number of hydrogen-bond donors (Lipinski definition) is 1. The Morgan fingerprint density at radius 1 is 1.12 bits per heavy atom. The molecular formula is C19H21ClN2O4.